The molecular weight excluding hydrogens is 285 g/mol. The van der Waals surface area contributed by atoms with Gasteiger partial charge in [-0.1, -0.05) is 49.9 Å². The molecule has 1 aliphatic carbocycles. The van der Waals surface area contributed by atoms with Gasteiger partial charge in [-0.05, 0) is 42.7 Å². The standard InChI is InChI=1S/C18H25ClFN/c1-18(8-3-2-4-9-18)11-14-10-13(12-21-14)15-6-5-7-16(19)17(15)20/h5-7,13-14,21H,2-4,8-12H2,1H3. The average molecular weight is 310 g/mol. The minimum atomic E-state index is -0.226. The summed E-state index contributed by atoms with van der Waals surface area (Å²) in [6.07, 6.45) is 9.09. The molecule has 21 heavy (non-hydrogen) atoms. The van der Waals surface area contributed by atoms with E-state index in [1.807, 2.05) is 12.1 Å². The molecule has 1 saturated heterocycles. The highest BCUT2D eigenvalue weighted by Gasteiger charge is 2.34. The molecule has 2 atom stereocenters. The Balaban J connectivity index is 1.64. The summed E-state index contributed by atoms with van der Waals surface area (Å²) < 4.78 is 14.2. The summed E-state index contributed by atoms with van der Waals surface area (Å²) in [6.45, 7) is 3.30. The van der Waals surface area contributed by atoms with Crippen molar-refractivity contribution in [3.05, 3.63) is 34.6 Å². The monoisotopic (exact) mass is 309 g/mol. The number of halogens is 2. The van der Waals surface area contributed by atoms with Gasteiger partial charge in [-0.25, -0.2) is 4.39 Å². The Morgan fingerprint density at radius 3 is 2.81 bits per heavy atom. The summed E-state index contributed by atoms with van der Waals surface area (Å²) in [6, 6.07) is 5.90. The van der Waals surface area contributed by atoms with Crippen LogP contribution in [0.5, 0.6) is 0 Å². The SMILES string of the molecule is CC1(CC2CC(c3cccc(Cl)c3F)CN2)CCCCC1. The maximum Gasteiger partial charge on any atom is 0.145 e. The maximum absolute atomic E-state index is 14.2. The Morgan fingerprint density at radius 2 is 2.05 bits per heavy atom. The van der Waals surface area contributed by atoms with Gasteiger partial charge in [0, 0.05) is 18.5 Å². The van der Waals surface area contributed by atoms with E-state index in [0.717, 1.165) is 18.5 Å². The second kappa shape index (κ2) is 6.26. The fourth-order valence-corrected chi connectivity index (χ4v) is 4.43. The van der Waals surface area contributed by atoms with Crippen LogP contribution in [-0.2, 0) is 0 Å². The van der Waals surface area contributed by atoms with Gasteiger partial charge in [0.15, 0.2) is 0 Å². The summed E-state index contributed by atoms with van der Waals surface area (Å²) in [5.41, 5.74) is 1.27. The minimum Gasteiger partial charge on any atom is -0.313 e. The molecule has 0 spiro atoms. The lowest BCUT2D eigenvalue weighted by Crippen LogP contribution is -2.31. The number of rotatable bonds is 3. The van der Waals surface area contributed by atoms with E-state index in [9.17, 15) is 4.39 Å². The first-order valence-electron chi connectivity index (χ1n) is 8.25. The molecule has 1 aliphatic heterocycles. The predicted molar refractivity (Wildman–Crippen MR) is 86.4 cm³/mol. The number of nitrogens with one attached hydrogen (secondary N) is 1. The molecule has 1 aromatic rings. The molecular formula is C18H25ClFN. The van der Waals surface area contributed by atoms with Gasteiger partial charge >= 0.3 is 0 Å². The van der Waals surface area contributed by atoms with Crippen molar-refractivity contribution >= 4 is 11.6 Å². The second-order valence-corrected chi connectivity index (χ2v) is 7.66. The van der Waals surface area contributed by atoms with Crippen molar-refractivity contribution in [3.8, 4) is 0 Å². The normalized spacial score (nSPS) is 28.7. The summed E-state index contributed by atoms with van der Waals surface area (Å²) in [5.74, 6) is 0.0383. The smallest absolute Gasteiger partial charge is 0.145 e. The van der Waals surface area contributed by atoms with Crippen LogP contribution >= 0.6 is 11.6 Å². The highest BCUT2D eigenvalue weighted by molar-refractivity contribution is 6.30. The topological polar surface area (TPSA) is 12.0 Å². The summed E-state index contributed by atoms with van der Waals surface area (Å²) in [7, 11) is 0. The zero-order valence-electron chi connectivity index (χ0n) is 12.8. The quantitative estimate of drug-likeness (QED) is 0.800. The third kappa shape index (κ3) is 3.43. The van der Waals surface area contributed by atoms with E-state index in [4.69, 9.17) is 11.6 Å². The fourth-order valence-electron chi connectivity index (χ4n) is 4.25. The van der Waals surface area contributed by atoms with Crippen LogP contribution in [0.25, 0.3) is 0 Å². The Kier molecular flexibility index (Phi) is 4.56. The van der Waals surface area contributed by atoms with E-state index in [1.165, 1.54) is 38.5 Å². The zero-order chi connectivity index (χ0) is 14.9. The summed E-state index contributed by atoms with van der Waals surface area (Å²) in [4.78, 5) is 0. The lowest BCUT2D eigenvalue weighted by Gasteiger charge is -2.35. The van der Waals surface area contributed by atoms with Gasteiger partial charge in [0.25, 0.3) is 0 Å². The molecule has 3 rings (SSSR count). The molecule has 0 radical (unpaired) electrons. The van der Waals surface area contributed by atoms with Crippen LogP contribution in [0.15, 0.2) is 18.2 Å². The average Bonchev–Trinajstić information content (AvgIpc) is 2.90. The minimum absolute atomic E-state index is 0.226. The molecule has 2 fully saturated rings. The van der Waals surface area contributed by atoms with Gasteiger partial charge in [0.2, 0.25) is 0 Å². The molecule has 2 aliphatic rings. The lowest BCUT2D eigenvalue weighted by molar-refractivity contribution is 0.179. The summed E-state index contributed by atoms with van der Waals surface area (Å²) in [5, 5.41) is 3.86. The van der Waals surface area contributed by atoms with Crippen molar-refractivity contribution < 1.29 is 4.39 Å². The molecule has 2 unspecified atom stereocenters. The van der Waals surface area contributed by atoms with Crippen LogP contribution in [0.3, 0.4) is 0 Å². The van der Waals surface area contributed by atoms with Gasteiger partial charge in [-0.15, -0.1) is 0 Å². The van der Waals surface area contributed by atoms with Gasteiger partial charge in [-0.2, -0.15) is 0 Å². The molecule has 3 heteroatoms. The van der Waals surface area contributed by atoms with Gasteiger partial charge < -0.3 is 5.32 Å². The third-order valence-corrected chi connectivity index (χ3v) is 5.74. The van der Waals surface area contributed by atoms with E-state index in [2.05, 4.69) is 12.2 Å². The molecule has 0 amide bonds. The van der Waals surface area contributed by atoms with Crippen LogP contribution in [0.1, 0.15) is 63.4 Å². The predicted octanol–water partition coefficient (Wildman–Crippen LogP) is 5.29. The second-order valence-electron chi connectivity index (χ2n) is 7.26. The molecule has 1 nitrogen and oxygen atoms in total. The van der Waals surface area contributed by atoms with Crippen LogP contribution < -0.4 is 5.32 Å². The Morgan fingerprint density at radius 1 is 1.29 bits per heavy atom. The Labute approximate surface area is 132 Å². The van der Waals surface area contributed by atoms with Crippen LogP contribution in [-0.4, -0.2) is 12.6 Å². The molecule has 116 valence electrons. The van der Waals surface area contributed by atoms with Crippen molar-refractivity contribution in [2.45, 2.75) is 63.8 Å². The first-order valence-corrected chi connectivity index (χ1v) is 8.62. The van der Waals surface area contributed by atoms with Crippen molar-refractivity contribution in [1.82, 2.24) is 5.32 Å². The van der Waals surface area contributed by atoms with Crippen molar-refractivity contribution in [3.63, 3.8) is 0 Å². The zero-order valence-corrected chi connectivity index (χ0v) is 13.6. The van der Waals surface area contributed by atoms with E-state index in [0.29, 0.717) is 11.5 Å². The van der Waals surface area contributed by atoms with Crippen LogP contribution in [0.2, 0.25) is 5.02 Å². The number of benzene rings is 1. The molecule has 1 heterocycles. The van der Waals surface area contributed by atoms with Crippen LogP contribution in [0, 0.1) is 11.2 Å². The van der Waals surface area contributed by atoms with Gasteiger partial charge in [0.1, 0.15) is 5.82 Å². The molecule has 0 bridgehead atoms. The highest BCUT2D eigenvalue weighted by atomic mass is 35.5. The van der Waals surface area contributed by atoms with Crippen LogP contribution in [0.4, 0.5) is 4.39 Å². The largest absolute Gasteiger partial charge is 0.313 e. The van der Waals surface area contributed by atoms with Crippen molar-refractivity contribution in [2.75, 3.05) is 6.54 Å². The number of hydrogen-bond acceptors (Lipinski definition) is 1. The molecule has 1 saturated carbocycles. The fraction of sp³-hybridized carbons (Fsp3) is 0.667. The Bertz CT molecular complexity index is 496. The summed E-state index contributed by atoms with van der Waals surface area (Å²) >= 11 is 5.91. The Hall–Kier alpha value is -0.600. The van der Waals surface area contributed by atoms with Gasteiger partial charge in [-0.3, -0.25) is 0 Å². The van der Waals surface area contributed by atoms with Gasteiger partial charge in [0.05, 0.1) is 5.02 Å². The van der Waals surface area contributed by atoms with E-state index in [-0.39, 0.29) is 16.8 Å². The molecule has 1 aromatic carbocycles. The molecule has 1 N–H and O–H groups in total. The molecule has 0 aromatic heterocycles. The van der Waals surface area contributed by atoms with E-state index in [1.54, 1.807) is 6.07 Å². The number of hydrogen-bond donors (Lipinski definition) is 1. The first-order chi connectivity index (χ1) is 10.1. The van der Waals surface area contributed by atoms with Crippen molar-refractivity contribution in [1.29, 1.82) is 0 Å². The lowest BCUT2D eigenvalue weighted by atomic mass is 9.71. The van der Waals surface area contributed by atoms with Crippen molar-refractivity contribution in [2.24, 2.45) is 5.41 Å². The van der Waals surface area contributed by atoms with E-state index < -0.39 is 0 Å². The maximum atomic E-state index is 14.2. The van der Waals surface area contributed by atoms with E-state index >= 15 is 0 Å². The highest BCUT2D eigenvalue weighted by Crippen LogP contribution is 2.42. The third-order valence-electron chi connectivity index (χ3n) is 5.44. The first kappa shape index (κ1) is 15.3.